The molecule has 0 radical (unpaired) electrons. The van der Waals surface area contributed by atoms with Crippen molar-refractivity contribution in [1.29, 1.82) is 0 Å². The maximum atomic E-state index is 12.4. The maximum Gasteiger partial charge on any atom is 0.253 e. The van der Waals surface area contributed by atoms with Crippen LogP contribution in [0.3, 0.4) is 0 Å². The molecule has 1 amide bonds. The average molecular weight is 297 g/mol. The Morgan fingerprint density at radius 1 is 1.35 bits per heavy atom. The minimum absolute atomic E-state index is 0.000417. The summed E-state index contributed by atoms with van der Waals surface area (Å²) in [5.74, 6) is 0.580. The van der Waals surface area contributed by atoms with E-state index >= 15 is 0 Å². The number of rotatable bonds is 4. The number of pyridine rings is 1. The highest BCUT2D eigenvalue weighted by Gasteiger charge is 2.20. The van der Waals surface area contributed by atoms with Crippen molar-refractivity contribution in [2.45, 2.75) is 46.5 Å². The second kappa shape index (κ2) is 6.57. The van der Waals surface area contributed by atoms with Crippen LogP contribution in [-0.2, 0) is 5.41 Å². The average Bonchev–Trinajstić information content (AvgIpc) is 2.33. The monoisotopic (exact) mass is 296 g/mol. The van der Waals surface area contributed by atoms with E-state index in [1.807, 2.05) is 13.1 Å². The van der Waals surface area contributed by atoms with Gasteiger partial charge in [0.15, 0.2) is 0 Å². The number of hydrogen-bond donors (Lipinski definition) is 0. The smallest absolute Gasteiger partial charge is 0.253 e. The molecule has 0 fully saturated rings. The van der Waals surface area contributed by atoms with Gasteiger partial charge >= 0.3 is 0 Å². The molecule has 3 nitrogen and oxygen atoms in total. The first kappa shape index (κ1) is 17.0. The highest BCUT2D eigenvalue weighted by Crippen LogP contribution is 2.24. The molecule has 20 heavy (non-hydrogen) atoms. The number of aromatic nitrogens is 1. The Hall–Kier alpha value is -1.09. The second-order valence-corrected chi connectivity index (χ2v) is 7.11. The summed E-state index contributed by atoms with van der Waals surface area (Å²) in [6.07, 6.45) is 0.993. The Morgan fingerprint density at radius 2 is 1.95 bits per heavy atom. The van der Waals surface area contributed by atoms with Crippen molar-refractivity contribution in [3.63, 3.8) is 0 Å². The molecule has 0 saturated carbocycles. The van der Waals surface area contributed by atoms with Gasteiger partial charge in [-0.3, -0.25) is 4.79 Å². The van der Waals surface area contributed by atoms with Crippen LogP contribution in [-0.4, -0.2) is 29.4 Å². The van der Waals surface area contributed by atoms with Gasteiger partial charge < -0.3 is 4.90 Å². The van der Waals surface area contributed by atoms with Crippen molar-refractivity contribution in [2.75, 3.05) is 13.6 Å². The first-order chi connectivity index (χ1) is 9.11. The molecule has 112 valence electrons. The third-order valence-electron chi connectivity index (χ3n) is 3.20. The third kappa shape index (κ3) is 4.78. The van der Waals surface area contributed by atoms with Gasteiger partial charge in [-0.2, -0.15) is 0 Å². The summed E-state index contributed by atoms with van der Waals surface area (Å²) in [5.41, 5.74) is 1.32. The van der Waals surface area contributed by atoms with Crippen molar-refractivity contribution < 1.29 is 4.79 Å². The zero-order chi connectivity index (χ0) is 15.5. The van der Waals surface area contributed by atoms with Crippen LogP contribution < -0.4 is 0 Å². The van der Waals surface area contributed by atoms with Crippen LogP contribution in [0.15, 0.2) is 12.1 Å². The van der Waals surface area contributed by atoms with Crippen molar-refractivity contribution >= 4 is 17.5 Å². The summed E-state index contributed by atoms with van der Waals surface area (Å²) in [7, 11) is 1.83. The van der Waals surface area contributed by atoms with E-state index in [1.54, 1.807) is 11.0 Å². The van der Waals surface area contributed by atoms with Crippen LogP contribution in [0.4, 0.5) is 0 Å². The molecule has 0 aliphatic heterocycles. The molecular weight excluding hydrogens is 272 g/mol. The summed E-state index contributed by atoms with van der Waals surface area (Å²) < 4.78 is 0. The Labute approximate surface area is 127 Å². The van der Waals surface area contributed by atoms with Gasteiger partial charge in [-0.15, -0.1) is 0 Å². The van der Waals surface area contributed by atoms with E-state index in [4.69, 9.17) is 11.6 Å². The molecule has 0 aliphatic carbocycles. The van der Waals surface area contributed by atoms with Gasteiger partial charge in [-0.1, -0.05) is 46.2 Å². The summed E-state index contributed by atoms with van der Waals surface area (Å²) in [6, 6.07) is 3.49. The Morgan fingerprint density at radius 3 is 2.45 bits per heavy atom. The molecule has 0 unspecified atom stereocenters. The van der Waals surface area contributed by atoms with Crippen LogP contribution >= 0.6 is 11.6 Å². The maximum absolute atomic E-state index is 12.4. The quantitative estimate of drug-likeness (QED) is 0.782. The second-order valence-electron chi connectivity index (χ2n) is 6.72. The van der Waals surface area contributed by atoms with E-state index in [2.05, 4.69) is 39.6 Å². The van der Waals surface area contributed by atoms with Gasteiger partial charge in [0.25, 0.3) is 5.91 Å². The molecule has 1 aromatic rings. The molecule has 0 N–H and O–H groups in total. The Bertz CT molecular complexity index is 478. The number of halogens is 1. The van der Waals surface area contributed by atoms with Crippen molar-refractivity contribution in [3.8, 4) is 0 Å². The molecule has 1 heterocycles. The normalized spacial score (nSPS) is 11.8. The van der Waals surface area contributed by atoms with Crippen LogP contribution in [0.1, 0.15) is 57.1 Å². The standard InChI is InChI=1S/C16H25ClN2O/c1-11(2)7-8-19(6)15(20)12-9-13(16(3,4)5)18-14(17)10-12/h9-11H,7-8H2,1-6H3. The van der Waals surface area contributed by atoms with Gasteiger partial charge in [-0.25, -0.2) is 4.98 Å². The summed E-state index contributed by atoms with van der Waals surface area (Å²) >= 11 is 6.05. The Kier molecular flexibility index (Phi) is 5.58. The Balaban J connectivity index is 2.96. The fourth-order valence-electron chi connectivity index (χ4n) is 1.78. The summed E-state index contributed by atoms with van der Waals surface area (Å²) in [6.45, 7) is 11.2. The van der Waals surface area contributed by atoms with Crippen LogP contribution in [0.2, 0.25) is 5.15 Å². The molecule has 0 saturated heterocycles. The number of nitrogens with zero attached hydrogens (tertiary/aromatic N) is 2. The van der Waals surface area contributed by atoms with E-state index in [0.29, 0.717) is 16.6 Å². The predicted octanol–water partition coefficient (Wildman–Crippen LogP) is 4.15. The summed E-state index contributed by atoms with van der Waals surface area (Å²) in [4.78, 5) is 18.5. The zero-order valence-electron chi connectivity index (χ0n) is 13.3. The molecule has 0 spiro atoms. The largest absolute Gasteiger partial charge is 0.342 e. The van der Waals surface area contributed by atoms with Crippen molar-refractivity contribution in [2.24, 2.45) is 5.92 Å². The first-order valence-corrected chi connectivity index (χ1v) is 7.42. The SMILES string of the molecule is CC(C)CCN(C)C(=O)c1cc(Cl)nc(C(C)(C)C)c1. The molecule has 0 aliphatic rings. The van der Waals surface area contributed by atoms with E-state index in [0.717, 1.165) is 18.7 Å². The lowest BCUT2D eigenvalue weighted by Crippen LogP contribution is -2.29. The van der Waals surface area contributed by atoms with Crippen LogP contribution in [0.5, 0.6) is 0 Å². The topological polar surface area (TPSA) is 33.2 Å². The number of amides is 1. The first-order valence-electron chi connectivity index (χ1n) is 7.05. The lowest BCUT2D eigenvalue weighted by atomic mass is 9.91. The van der Waals surface area contributed by atoms with Crippen LogP contribution in [0.25, 0.3) is 0 Å². The zero-order valence-corrected chi connectivity index (χ0v) is 14.1. The number of hydrogen-bond acceptors (Lipinski definition) is 2. The minimum Gasteiger partial charge on any atom is -0.342 e. The lowest BCUT2D eigenvalue weighted by Gasteiger charge is -2.21. The molecule has 0 bridgehead atoms. The fraction of sp³-hybridized carbons (Fsp3) is 0.625. The van der Waals surface area contributed by atoms with E-state index in [9.17, 15) is 4.79 Å². The summed E-state index contributed by atoms with van der Waals surface area (Å²) in [5, 5.41) is 0.373. The molecule has 0 atom stereocenters. The lowest BCUT2D eigenvalue weighted by molar-refractivity contribution is 0.0789. The molecule has 4 heteroatoms. The van der Waals surface area contributed by atoms with Gasteiger partial charge in [0.1, 0.15) is 5.15 Å². The van der Waals surface area contributed by atoms with Gasteiger partial charge in [0.2, 0.25) is 0 Å². The number of carbonyl (C=O) groups is 1. The van der Waals surface area contributed by atoms with E-state index in [-0.39, 0.29) is 11.3 Å². The third-order valence-corrected chi connectivity index (χ3v) is 3.39. The van der Waals surface area contributed by atoms with Crippen molar-refractivity contribution in [1.82, 2.24) is 9.88 Å². The number of carbonyl (C=O) groups excluding carboxylic acids is 1. The highest BCUT2D eigenvalue weighted by atomic mass is 35.5. The fourth-order valence-corrected chi connectivity index (χ4v) is 1.99. The molecule has 1 rings (SSSR count). The molecular formula is C16H25ClN2O. The minimum atomic E-state index is -0.129. The van der Waals surface area contributed by atoms with Crippen LogP contribution in [0, 0.1) is 5.92 Å². The van der Waals surface area contributed by atoms with Gasteiger partial charge in [0, 0.05) is 30.3 Å². The molecule has 0 aromatic carbocycles. The molecule has 1 aromatic heterocycles. The van der Waals surface area contributed by atoms with E-state index < -0.39 is 0 Å². The van der Waals surface area contributed by atoms with Gasteiger partial charge in [0.05, 0.1) is 0 Å². The van der Waals surface area contributed by atoms with E-state index in [1.165, 1.54) is 0 Å². The predicted molar refractivity (Wildman–Crippen MR) is 84.4 cm³/mol. The highest BCUT2D eigenvalue weighted by molar-refractivity contribution is 6.29. The van der Waals surface area contributed by atoms with Gasteiger partial charge in [-0.05, 0) is 24.5 Å². The van der Waals surface area contributed by atoms with Crippen molar-refractivity contribution in [3.05, 3.63) is 28.5 Å².